The molecule has 0 unspecified atom stereocenters. The van der Waals surface area contributed by atoms with Crippen LogP contribution >= 0.6 is 0 Å². The number of aryl methyl sites for hydroxylation is 1. The Bertz CT molecular complexity index is 582. The number of benzene rings is 1. The quantitative estimate of drug-likeness (QED) is 0.814. The van der Waals surface area contributed by atoms with Crippen molar-refractivity contribution >= 4 is 16.6 Å². The first kappa shape index (κ1) is 11.7. The van der Waals surface area contributed by atoms with Gasteiger partial charge in [0.05, 0.1) is 5.39 Å². The second-order valence-corrected chi connectivity index (χ2v) is 3.72. The Morgan fingerprint density at radius 2 is 1.88 bits per heavy atom. The van der Waals surface area contributed by atoms with Crippen LogP contribution in [0.2, 0.25) is 0 Å². The highest BCUT2D eigenvalue weighted by atomic mass is 19.2. The van der Waals surface area contributed by atoms with Crippen molar-refractivity contribution in [2.75, 3.05) is 11.9 Å². The molecular formula is C12H11F3N2. The Hall–Kier alpha value is -1.78. The van der Waals surface area contributed by atoms with Crippen LogP contribution in [0.15, 0.2) is 12.1 Å². The normalized spacial score (nSPS) is 10.9. The second kappa shape index (κ2) is 4.24. The number of rotatable bonds is 2. The summed E-state index contributed by atoms with van der Waals surface area (Å²) in [4.78, 5) is 3.90. The summed E-state index contributed by atoms with van der Waals surface area (Å²) < 4.78 is 40.4. The van der Waals surface area contributed by atoms with Crippen LogP contribution in [0, 0.1) is 24.4 Å². The highest BCUT2D eigenvalue weighted by Crippen LogP contribution is 2.29. The molecule has 1 heterocycles. The molecule has 2 nitrogen and oxygen atoms in total. The minimum absolute atomic E-state index is 0.144. The topological polar surface area (TPSA) is 24.9 Å². The van der Waals surface area contributed by atoms with Crippen LogP contribution in [0.5, 0.6) is 0 Å². The fourth-order valence-electron chi connectivity index (χ4n) is 1.76. The highest BCUT2D eigenvalue weighted by Gasteiger charge is 2.17. The van der Waals surface area contributed by atoms with E-state index in [-0.39, 0.29) is 10.9 Å². The van der Waals surface area contributed by atoms with Crippen LogP contribution in [0.3, 0.4) is 0 Å². The monoisotopic (exact) mass is 240 g/mol. The van der Waals surface area contributed by atoms with Crippen molar-refractivity contribution in [2.24, 2.45) is 0 Å². The van der Waals surface area contributed by atoms with Gasteiger partial charge in [-0.2, -0.15) is 0 Å². The summed E-state index contributed by atoms with van der Waals surface area (Å²) >= 11 is 0. The number of fused-ring (bicyclic) bond motifs is 1. The van der Waals surface area contributed by atoms with Gasteiger partial charge in [-0.05, 0) is 19.9 Å². The Morgan fingerprint density at radius 1 is 1.18 bits per heavy atom. The lowest BCUT2D eigenvalue weighted by molar-refractivity contribution is 0.505. The summed E-state index contributed by atoms with van der Waals surface area (Å²) in [6.07, 6.45) is 0. The molecule has 5 heteroatoms. The van der Waals surface area contributed by atoms with E-state index in [9.17, 15) is 13.2 Å². The van der Waals surface area contributed by atoms with E-state index in [0.29, 0.717) is 24.0 Å². The van der Waals surface area contributed by atoms with Crippen molar-refractivity contribution in [3.63, 3.8) is 0 Å². The van der Waals surface area contributed by atoms with Gasteiger partial charge >= 0.3 is 0 Å². The number of nitrogens with zero attached hydrogens (tertiary/aromatic N) is 1. The molecule has 1 aromatic carbocycles. The first-order chi connectivity index (χ1) is 8.04. The van der Waals surface area contributed by atoms with Crippen molar-refractivity contribution in [3.05, 3.63) is 35.3 Å². The molecule has 0 spiro atoms. The molecule has 1 aromatic heterocycles. The molecule has 0 aliphatic heterocycles. The van der Waals surface area contributed by atoms with Crippen molar-refractivity contribution in [1.29, 1.82) is 0 Å². The van der Waals surface area contributed by atoms with Crippen molar-refractivity contribution in [3.8, 4) is 0 Å². The Labute approximate surface area is 96.5 Å². The average Bonchev–Trinajstić information content (AvgIpc) is 2.26. The molecule has 0 saturated carbocycles. The van der Waals surface area contributed by atoms with Crippen LogP contribution in [0.25, 0.3) is 10.9 Å². The van der Waals surface area contributed by atoms with Gasteiger partial charge in [0.1, 0.15) is 5.52 Å². The number of anilines is 1. The minimum Gasteiger partial charge on any atom is -0.385 e. The first-order valence-electron chi connectivity index (χ1n) is 5.23. The van der Waals surface area contributed by atoms with Gasteiger partial charge in [-0.1, -0.05) is 0 Å². The fraction of sp³-hybridized carbons (Fsp3) is 0.250. The third-order valence-corrected chi connectivity index (χ3v) is 2.42. The van der Waals surface area contributed by atoms with Gasteiger partial charge in [-0.15, -0.1) is 0 Å². The smallest absolute Gasteiger partial charge is 0.170 e. The molecule has 2 rings (SSSR count). The van der Waals surface area contributed by atoms with Gasteiger partial charge in [-0.3, -0.25) is 0 Å². The summed E-state index contributed by atoms with van der Waals surface area (Å²) in [6, 6.07) is 2.08. The first-order valence-corrected chi connectivity index (χ1v) is 5.23. The number of nitrogens with one attached hydrogen (secondary N) is 1. The van der Waals surface area contributed by atoms with Gasteiger partial charge in [0.25, 0.3) is 0 Å². The predicted molar refractivity (Wildman–Crippen MR) is 60.5 cm³/mol. The zero-order valence-electron chi connectivity index (χ0n) is 9.44. The van der Waals surface area contributed by atoms with Gasteiger partial charge in [0, 0.05) is 24.0 Å². The average molecular weight is 240 g/mol. The summed E-state index contributed by atoms with van der Waals surface area (Å²) in [5.74, 6) is -3.15. The van der Waals surface area contributed by atoms with Gasteiger partial charge in [0.15, 0.2) is 17.5 Å². The summed E-state index contributed by atoms with van der Waals surface area (Å²) in [5.41, 5.74) is 0.740. The maximum atomic E-state index is 13.7. The summed E-state index contributed by atoms with van der Waals surface area (Å²) in [7, 11) is 0. The van der Waals surface area contributed by atoms with Crippen LogP contribution in [0.1, 0.15) is 12.6 Å². The van der Waals surface area contributed by atoms with Crippen molar-refractivity contribution in [1.82, 2.24) is 4.98 Å². The second-order valence-electron chi connectivity index (χ2n) is 3.72. The van der Waals surface area contributed by atoms with Gasteiger partial charge < -0.3 is 5.32 Å². The van der Waals surface area contributed by atoms with Gasteiger partial charge in [0.2, 0.25) is 0 Å². The molecule has 0 aliphatic carbocycles. The maximum Gasteiger partial charge on any atom is 0.170 e. The van der Waals surface area contributed by atoms with E-state index < -0.39 is 17.5 Å². The Morgan fingerprint density at radius 3 is 2.53 bits per heavy atom. The van der Waals surface area contributed by atoms with E-state index in [0.717, 1.165) is 0 Å². The molecule has 0 fully saturated rings. The van der Waals surface area contributed by atoms with E-state index in [4.69, 9.17) is 0 Å². The lowest BCUT2D eigenvalue weighted by Crippen LogP contribution is -2.03. The number of hydrogen-bond donors (Lipinski definition) is 1. The zero-order valence-corrected chi connectivity index (χ0v) is 9.44. The molecule has 0 radical (unpaired) electrons. The maximum absolute atomic E-state index is 13.7. The molecule has 2 aromatic rings. The summed E-state index contributed by atoms with van der Waals surface area (Å²) in [6.45, 7) is 4.01. The molecule has 0 bridgehead atoms. The molecule has 0 saturated heterocycles. The third-order valence-electron chi connectivity index (χ3n) is 2.42. The number of halogens is 3. The Kier molecular flexibility index (Phi) is 2.92. The molecule has 90 valence electrons. The van der Waals surface area contributed by atoms with E-state index >= 15 is 0 Å². The van der Waals surface area contributed by atoms with Crippen LogP contribution < -0.4 is 5.32 Å². The predicted octanol–water partition coefficient (Wildman–Crippen LogP) is 3.39. The van der Waals surface area contributed by atoms with E-state index in [1.165, 1.54) is 0 Å². The van der Waals surface area contributed by atoms with Crippen LogP contribution in [-0.2, 0) is 0 Å². The molecule has 1 N–H and O–H groups in total. The van der Waals surface area contributed by atoms with E-state index in [1.807, 2.05) is 6.92 Å². The highest BCUT2D eigenvalue weighted by molar-refractivity contribution is 5.92. The largest absolute Gasteiger partial charge is 0.385 e. The van der Waals surface area contributed by atoms with Crippen molar-refractivity contribution < 1.29 is 13.2 Å². The standard InChI is InChI=1S/C12H11F3N2/c1-3-16-9-4-6(2)17-12-8(14)5-7(13)11(15)10(9)12/h4-5H,3H2,1-2H3,(H,16,17). The molecule has 0 atom stereocenters. The number of hydrogen-bond acceptors (Lipinski definition) is 2. The molecular weight excluding hydrogens is 229 g/mol. The lowest BCUT2D eigenvalue weighted by atomic mass is 10.1. The summed E-state index contributed by atoms with van der Waals surface area (Å²) in [5, 5.41) is 2.73. The zero-order chi connectivity index (χ0) is 12.6. The van der Waals surface area contributed by atoms with Gasteiger partial charge in [-0.25, -0.2) is 18.2 Å². The number of pyridine rings is 1. The third kappa shape index (κ3) is 1.92. The Balaban J connectivity index is 2.89. The van der Waals surface area contributed by atoms with Crippen molar-refractivity contribution in [2.45, 2.75) is 13.8 Å². The van der Waals surface area contributed by atoms with Crippen LogP contribution in [0.4, 0.5) is 18.9 Å². The van der Waals surface area contributed by atoms with E-state index in [1.54, 1.807) is 13.0 Å². The SMILES string of the molecule is CCNc1cc(C)nc2c(F)cc(F)c(F)c12. The lowest BCUT2D eigenvalue weighted by Gasteiger charge is -2.10. The van der Waals surface area contributed by atoms with Crippen LogP contribution in [-0.4, -0.2) is 11.5 Å². The fourth-order valence-corrected chi connectivity index (χ4v) is 1.76. The molecule has 17 heavy (non-hydrogen) atoms. The molecule has 0 aliphatic rings. The minimum atomic E-state index is -1.21. The molecule has 0 amide bonds. The number of aromatic nitrogens is 1. The van der Waals surface area contributed by atoms with E-state index in [2.05, 4.69) is 10.3 Å².